The summed E-state index contributed by atoms with van der Waals surface area (Å²) in [7, 11) is -3.72. The SMILES string of the molecule is CC1CN(c2ccc(NS(=O)(=O)c3ccc4c(c3)CC(=O)N4)cc2)CCO1. The third kappa shape index (κ3) is 3.77. The maximum absolute atomic E-state index is 12.7. The number of amides is 1. The van der Waals surface area contributed by atoms with E-state index in [9.17, 15) is 13.2 Å². The van der Waals surface area contributed by atoms with E-state index in [-0.39, 0.29) is 23.3 Å². The number of carbonyl (C=O) groups excluding carboxylic acids is 1. The molecular formula is C19H21N3O4S. The van der Waals surface area contributed by atoms with Crippen molar-refractivity contribution >= 4 is 33.0 Å². The number of nitrogens with one attached hydrogen (secondary N) is 2. The van der Waals surface area contributed by atoms with Gasteiger partial charge in [-0.25, -0.2) is 8.42 Å². The lowest BCUT2D eigenvalue weighted by Crippen LogP contribution is -2.41. The van der Waals surface area contributed by atoms with Crippen molar-refractivity contribution < 1.29 is 17.9 Å². The predicted molar refractivity (Wildman–Crippen MR) is 104 cm³/mol. The van der Waals surface area contributed by atoms with Gasteiger partial charge in [-0.2, -0.15) is 0 Å². The molecular weight excluding hydrogens is 366 g/mol. The number of nitrogens with zero attached hydrogens (tertiary/aromatic N) is 1. The van der Waals surface area contributed by atoms with Gasteiger partial charge in [0.05, 0.1) is 24.0 Å². The van der Waals surface area contributed by atoms with Crippen LogP contribution in [0.2, 0.25) is 0 Å². The second kappa shape index (κ2) is 6.86. The van der Waals surface area contributed by atoms with Gasteiger partial charge in [-0.05, 0) is 55.0 Å². The van der Waals surface area contributed by atoms with Crippen molar-refractivity contribution in [1.82, 2.24) is 0 Å². The van der Waals surface area contributed by atoms with Crippen molar-refractivity contribution in [1.29, 1.82) is 0 Å². The molecule has 7 nitrogen and oxygen atoms in total. The molecule has 0 aromatic heterocycles. The van der Waals surface area contributed by atoms with Gasteiger partial charge in [-0.1, -0.05) is 0 Å². The van der Waals surface area contributed by atoms with Gasteiger partial charge in [0.1, 0.15) is 0 Å². The van der Waals surface area contributed by atoms with Gasteiger partial charge in [0, 0.05) is 30.2 Å². The van der Waals surface area contributed by atoms with E-state index in [1.807, 2.05) is 19.1 Å². The van der Waals surface area contributed by atoms with Crippen LogP contribution in [0.3, 0.4) is 0 Å². The lowest BCUT2D eigenvalue weighted by Gasteiger charge is -2.33. The highest BCUT2D eigenvalue weighted by Crippen LogP contribution is 2.27. The van der Waals surface area contributed by atoms with E-state index in [0.717, 1.165) is 18.8 Å². The Labute approximate surface area is 158 Å². The van der Waals surface area contributed by atoms with Gasteiger partial charge in [0.15, 0.2) is 0 Å². The van der Waals surface area contributed by atoms with Gasteiger partial charge >= 0.3 is 0 Å². The molecule has 142 valence electrons. The Morgan fingerprint density at radius 1 is 1.19 bits per heavy atom. The van der Waals surface area contributed by atoms with Gasteiger partial charge in [-0.15, -0.1) is 0 Å². The lowest BCUT2D eigenvalue weighted by molar-refractivity contribution is -0.115. The summed E-state index contributed by atoms with van der Waals surface area (Å²) in [6, 6.07) is 12.0. The van der Waals surface area contributed by atoms with Crippen LogP contribution < -0.4 is 14.9 Å². The zero-order valence-electron chi connectivity index (χ0n) is 14.9. The Bertz CT molecular complexity index is 973. The Balaban J connectivity index is 1.50. The average Bonchev–Trinajstić information content (AvgIpc) is 3.01. The highest BCUT2D eigenvalue weighted by atomic mass is 32.2. The number of morpholine rings is 1. The summed E-state index contributed by atoms with van der Waals surface area (Å²) in [6.45, 7) is 4.35. The largest absolute Gasteiger partial charge is 0.375 e. The molecule has 1 unspecified atom stereocenters. The van der Waals surface area contributed by atoms with Crippen molar-refractivity contribution in [3.8, 4) is 0 Å². The Morgan fingerprint density at radius 3 is 2.70 bits per heavy atom. The van der Waals surface area contributed by atoms with E-state index in [1.54, 1.807) is 24.3 Å². The molecule has 0 saturated carbocycles. The zero-order chi connectivity index (χ0) is 19.0. The second-order valence-electron chi connectivity index (χ2n) is 6.82. The van der Waals surface area contributed by atoms with Gasteiger partial charge in [-0.3, -0.25) is 9.52 Å². The summed E-state index contributed by atoms with van der Waals surface area (Å²) < 4.78 is 33.5. The molecule has 2 heterocycles. The van der Waals surface area contributed by atoms with Crippen LogP contribution >= 0.6 is 0 Å². The minimum absolute atomic E-state index is 0.125. The molecule has 1 fully saturated rings. The number of fused-ring (bicyclic) bond motifs is 1. The summed E-state index contributed by atoms with van der Waals surface area (Å²) in [6.07, 6.45) is 0.379. The molecule has 27 heavy (non-hydrogen) atoms. The highest BCUT2D eigenvalue weighted by molar-refractivity contribution is 7.92. The first-order valence-electron chi connectivity index (χ1n) is 8.83. The molecule has 1 atom stereocenters. The molecule has 2 N–H and O–H groups in total. The number of sulfonamides is 1. The van der Waals surface area contributed by atoms with Crippen molar-refractivity contribution in [3.05, 3.63) is 48.0 Å². The molecule has 2 aliphatic rings. The Hall–Kier alpha value is -2.58. The fraction of sp³-hybridized carbons (Fsp3) is 0.316. The molecule has 0 radical (unpaired) electrons. The van der Waals surface area contributed by atoms with E-state index in [1.165, 1.54) is 6.07 Å². The fourth-order valence-electron chi connectivity index (χ4n) is 3.38. The van der Waals surface area contributed by atoms with E-state index in [2.05, 4.69) is 14.9 Å². The Morgan fingerprint density at radius 2 is 1.96 bits per heavy atom. The van der Waals surface area contributed by atoms with Crippen LogP contribution in [0.25, 0.3) is 0 Å². The summed E-state index contributed by atoms with van der Waals surface area (Å²) in [4.78, 5) is 13.8. The molecule has 2 aromatic carbocycles. The van der Waals surface area contributed by atoms with Crippen molar-refractivity contribution in [2.45, 2.75) is 24.3 Å². The quantitative estimate of drug-likeness (QED) is 0.840. The van der Waals surface area contributed by atoms with Crippen molar-refractivity contribution in [3.63, 3.8) is 0 Å². The monoisotopic (exact) mass is 387 g/mol. The number of hydrogen-bond acceptors (Lipinski definition) is 5. The first kappa shape index (κ1) is 17.8. The van der Waals surface area contributed by atoms with Gasteiger partial charge in [0.25, 0.3) is 10.0 Å². The smallest absolute Gasteiger partial charge is 0.261 e. The second-order valence-corrected chi connectivity index (χ2v) is 8.51. The number of hydrogen-bond donors (Lipinski definition) is 2. The molecule has 0 spiro atoms. The van der Waals surface area contributed by atoms with E-state index >= 15 is 0 Å². The summed E-state index contributed by atoms with van der Waals surface area (Å²) in [5, 5.41) is 2.70. The van der Waals surface area contributed by atoms with Crippen LogP contribution in [0.4, 0.5) is 17.1 Å². The molecule has 0 bridgehead atoms. The predicted octanol–water partition coefficient (Wildman–Crippen LogP) is 2.21. The first-order chi connectivity index (χ1) is 12.9. The number of ether oxygens (including phenoxy) is 1. The molecule has 2 aliphatic heterocycles. The van der Waals surface area contributed by atoms with E-state index in [4.69, 9.17) is 4.74 Å². The molecule has 2 aromatic rings. The van der Waals surface area contributed by atoms with Crippen LogP contribution in [0, 0.1) is 0 Å². The topological polar surface area (TPSA) is 87.7 Å². The van der Waals surface area contributed by atoms with Crippen LogP contribution in [0.5, 0.6) is 0 Å². The molecule has 8 heteroatoms. The van der Waals surface area contributed by atoms with Crippen LogP contribution in [-0.2, 0) is 26.0 Å². The molecule has 1 amide bonds. The number of benzene rings is 2. The van der Waals surface area contributed by atoms with Gasteiger partial charge < -0.3 is 15.0 Å². The summed E-state index contributed by atoms with van der Waals surface area (Å²) >= 11 is 0. The standard InChI is InChI=1S/C19H21N3O4S/c1-13-12-22(8-9-26-13)16-4-2-15(3-5-16)21-27(24,25)17-6-7-18-14(10-17)11-19(23)20-18/h2-7,10,13,21H,8-9,11-12H2,1H3,(H,20,23). The minimum Gasteiger partial charge on any atom is -0.375 e. The zero-order valence-corrected chi connectivity index (χ0v) is 15.8. The maximum atomic E-state index is 12.7. The fourth-order valence-corrected chi connectivity index (χ4v) is 4.49. The van der Waals surface area contributed by atoms with E-state index < -0.39 is 10.0 Å². The molecule has 1 saturated heterocycles. The average molecular weight is 387 g/mol. The highest BCUT2D eigenvalue weighted by Gasteiger charge is 2.22. The van der Waals surface area contributed by atoms with Crippen molar-refractivity contribution in [2.75, 3.05) is 34.6 Å². The number of anilines is 3. The summed E-state index contributed by atoms with van der Waals surface area (Å²) in [5.74, 6) is -0.125. The normalized spacial score (nSPS) is 19.5. The van der Waals surface area contributed by atoms with Crippen LogP contribution in [0.1, 0.15) is 12.5 Å². The minimum atomic E-state index is -3.72. The first-order valence-corrected chi connectivity index (χ1v) is 10.3. The summed E-state index contributed by atoms with van der Waals surface area (Å²) in [5.41, 5.74) is 2.90. The number of carbonyl (C=O) groups is 1. The Kier molecular flexibility index (Phi) is 4.53. The van der Waals surface area contributed by atoms with E-state index in [0.29, 0.717) is 23.5 Å². The number of rotatable bonds is 4. The third-order valence-electron chi connectivity index (χ3n) is 4.74. The van der Waals surface area contributed by atoms with Crippen LogP contribution in [-0.4, -0.2) is 40.1 Å². The lowest BCUT2D eigenvalue weighted by atomic mass is 10.2. The maximum Gasteiger partial charge on any atom is 0.261 e. The third-order valence-corrected chi connectivity index (χ3v) is 6.12. The molecule has 0 aliphatic carbocycles. The van der Waals surface area contributed by atoms with Crippen molar-refractivity contribution in [2.24, 2.45) is 0 Å². The molecule has 4 rings (SSSR count). The van der Waals surface area contributed by atoms with Gasteiger partial charge in [0.2, 0.25) is 5.91 Å². The van der Waals surface area contributed by atoms with Crippen LogP contribution in [0.15, 0.2) is 47.4 Å².